The Morgan fingerprint density at radius 3 is 2.63 bits per heavy atom. The fourth-order valence-corrected chi connectivity index (χ4v) is 7.40. The Hall–Kier alpha value is -2.91. The Labute approximate surface area is 243 Å². The van der Waals surface area contributed by atoms with E-state index in [0.29, 0.717) is 56.3 Å². The molecule has 3 heterocycles. The number of carbonyl (C=O) groups excluding carboxylic acids is 2. The van der Waals surface area contributed by atoms with Gasteiger partial charge in [-0.25, -0.2) is 13.4 Å². The number of sulfone groups is 1. The summed E-state index contributed by atoms with van der Waals surface area (Å²) < 4.78 is 35.5. The number of hydrogen-bond acceptors (Lipinski definition) is 11. The lowest BCUT2D eigenvalue weighted by Gasteiger charge is -2.39. The van der Waals surface area contributed by atoms with Crippen LogP contribution >= 0.6 is 11.3 Å². The number of piperazine rings is 1. The molecule has 2 amide bonds. The molecule has 2 aliphatic heterocycles. The maximum atomic E-state index is 13.4. The van der Waals surface area contributed by atoms with E-state index in [1.54, 1.807) is 18.3 Å². The van der Waals surface area contributed by atoms with E-state index < -0.39 is 15.7 Å². The van der Waals surface area contributed by atoms with E-state index >= 15 is 0 Å². The molecule has 1 aromatic carbocycles. The van der Waals surface area contributed by atoms with Gasteiger partial charge in [-0.3, -0.25) is 19.8 Å². The van der Waals surface area contributed by atoms with Gasteiger partial charge >= 0.3 is 0 Å². The van der Waals surface area contributed by atoms with E-state index in [9.17, 15) is 18.0 Å². The largest absolute Gasteiger partial charge is 0.389 e. The lowest BCUT2D eigenvalue weighted by Crippen LogP contribution is -2.54. The maximum Gasteiger partial charge on any atom is 0.280 e. The molecule has 0 radical (unpaired) electrons. The van der Waals surface area contributed by atoms with Gasteiger partial charge in [0.25, 0.3) is 5.91 Å². The molecular weight excluding hydrogens is 570 g/mol. The lowest BCUT2D eigenvalue weighted by atomic mass is 10.1. The number of benzene rings is 1. The van der Waals surface area contributed by atoms with Crippen LogP contribution in [-0.2, 0) is 40.3 Å². The van der Waals surface area contributed by atoms with E-state index in [-0.39, 0.29) is 40.5 Å². The lowest BCUT2D eigenvalue weighted by molar-refractivity contribution is -0.139. The van der Waals surface area contributed by atoms with Crippen LogP contribution in [-0.4, -0.2) is 105 Å². The molecule has 5 rings (SSSR count). The zero-order valence-corrected chi connectivity index (χ0v) is 24.8. The molecule has 2 atom stereocenters. The molecular formula is C27H35N5O7S2. The second-order valence-electron chi connectivity index (χ2n) is 10.5. The first-order valence-corrected chi connectivity index (χ1v) is 16.0. The van der Waals surface area contributed by atoms with Crippen molar-refractivity contribution in [1.82, 2.24) is 14.8 Å². The van der Waals surface area contributed by atoms with Gasteiger partial charge in [0.05, 0.1) is 23.4 Å². The number of anilines is 1. The number of ether oxygens (including phenoxy) is 2. The normalized spacial score (nSPS) is 22.1. The molecule has 14 heteroatoms. The van der Waals surface area contributed by atoms with Crippen molar-refractivity contribution in [1.29, 1.82) is 0 Å². The zero-order chi connectivity index (χ0) is 29.0. The first kappa shape index (κ1) is 29.6. The summed E-state index contributed by atoms with van der Waals surface area (Å²) in [5.74, 6) is -0.523. The number of thiazole rings is 1. The smallest absolute Gasteiger partial charge is 0.280 e. The minimum Gasteiger partial charge on any atom is -0.389 e. The van der Waals surface area contributed by atoms with E-state index in [0.717, 1.165) is 18.0 Å². The molecule has 1 N–H and O–H groups in total. The van der Waals surface area contributed by atoms with Gasteiger partial charge < -0.3 is 19.2 Å². The summed E-state index contributed by atoms with van der Waals surface area (Å²) in [4.78, 5) is 40.9. The van der Waals surface area contributed by atoms with Crippen LogP contribution in [0.15, 0.2) is 40.5 Å². The predicted octanol–water partition coefficient (Wildman–Crippen LogP) is 1.91. The van der Waals surface area contributed by atoms with Crippen LogP contribution in [0, 0.1) is 0 Å². The van der Waals surface area contributed by atoms with Gasteiger partial charge in [0.2, 0.25) is 5.91 Å². The number of methoxy groups -OCH3 is 1. The SMILES string of the molecule is COCC(=O)N1CCN(Cc2cnc(NC(=O)/C(=N/O[C@@H]3CCOC3)c3ccc(S(=O)(=O)C4CC4)cc3)s2)C[C@H]1C. The standard InChI is InChI=1S/C27H35N5O7S2/c1-18-14-31(10-11-32(18)24(33)17-37-2)15-21-13-28-27(40-21)29-26(34)25(30-39-20-9-12-38-16-20)19-3-5-22(6-4-19)41(35,36)23-7-8-23/h3-6,13,18,20,23H,7-12,14-17H2,1-2H3,(H,28,29,34)/b30-25+/t18-,20-/m1/s1. The van der Waals surface area contributed by atoms with E-state index in [4.69, 9.17) is 14.3 Å². The summed E-state index contributed by atoms with van der Waals surface area (Å²) >= 11 is 1.36. The monoisotopic (exact) mass is 605 g/mol. The van der Waals surface area contributed by atoms with Gasteiger partial charge in [0.15, 0.2) is 26.8 Å². The minimum absolute atomic E-state index is 0.0106. The number of hydrogen-bond donors (Lipinski definition) is 1. The van der Waals surface area contributed by atoms with Crippen LogP contribution in [0.25, 0.3) is 0 Å². The van der Waals surface area contributed by atoms with Crippen LogP contribution in [0.2, 0.25) is 0 Å². The Balaban J connectivity index is 1.24. The summed E-state index contributed by atoms with van der Waals surface area (Å²) in [7, 11) is -1.83. The molecule has 222 valence electrons. The molecule has 0 unspecified atom stereocenters. The third-order valence-electron chi connectivity index (χ3n) is 7.27. The highest BCUT2D eigenvalue weighted by Crippen LogP contribution is 2.33. The molecule has 12 nitrogen and oxygen atoms in total. The van der Waals surface area contributed by atoms with Crippen molar-refractivity contribution in [2.75, 3.05) is 51.9 Å². The molecule has 2 saturated heterocycles. The minimum atomic E-state index is -3.35. The van der Waals surface area contributed by atoms with E-state index in [2.05, 4.69) is 20.4 Å². The third-order valence-corrected chi connectivity index (χ3v) is 10.4. The molecule has 3 fully saturated rings. The highest BCUT2D eigenvalue weighted by Gasteiger charge is 2.37. The summed E-state index contributed by atoms with van der Waals surface area (Å²) in [5, 5.41) is 7.07. The number of nitrogens with zero attached hydrogens (tertiary/aromatic N) is 4. The summed E-state index contributed by atoms with van der Waals surface area (Å²) in [5.41, 5.74) is 0.456. The van der Waals surface area contributed by atoms with Gasteiger partial charge in [-0.05, 0) is 31.9 Å². The fourth-order valence-electron chi connectivity index (χ4n) is 4.89. The van der Waals surface area contributed by atoms with Gasteiger partial charge in [-0.2, -0.15) is 0 Å². The Kier molecular flexibility index (Phi) is 9.34. The fraction of sp³-hybridized carbons (Fsp3) is 0.556. The van der Waals surface area contributed by atoms with Crippen molar-refractivity contribution in [3.63, 3.8) is 0 Å². The Morgan fingerprint density at radius 2 is 1.98 bits per heavy atom. The quantitative estimate of drug-likeness (QED) is 0.301. The van der Waals surface area contributed by atoms with E-state index in [1.807, 2.05) is 11.8 Å². The van der Waals surface area contributed by atoms with Crippen LogP contribution in [0.3, 0.4) is 0 Å². The number of nitrogens with one attached hydrogen (secondary N) is 1. The number of aromatic nitrogens is 1. The predicted molar refractivity (Wildman–Crippen MR) is 153 cm³/mol. The van der Waals surface area contributed by atoms with Gasteiger partial charge in [-0.1, -0.05) is 17.3 Å². The molecule has 0 spiro atoms. The number of carbonyl (C=O) groups is 2. The molecule has 41 heavy (non-hydrogen) atoms. The van der Waals surface area contributed by atoms with E-state index in [1.165, 1.54) is 30.6 Å². The first-order valence-electron chi connectivity index (χ1n) is 13.7. The van der Waals surface area contributed by atoms with Crippen molar-refractivity contribution < 1.29 is 32.3 Å². The average molecular weight is 606 g/mol. The van der Waals surface area contributed by atoms with Gasteiger partial charge in [0.1, 0.15) is 6.61 Å². The van der Waals surface area contributed by atoms with Gasteiger partial charge in [0, 0.05) is 62.4 Å². The van der Waals surface area contributed by atoms with Crippen LogP contribution in [0.1, 0.15) is 36.6 Å². The van der Waals surface area contributed by atoms with Crippen molar-refractivity contribution in [2.45, 2.75) is 55.0 Å². The second kappa shape index (κ2) is 12.9. The highest BCUT2D eigenvalue weighted by atomic mass is 32.2. The Morgan fingerprint density at radius 1 is 1.20 bits per heavy atom. The first-order chi connectivity index (χ1) is 19.7. The van der Waals surface area contributed by atoms with Crippen molar-refractivity contribution in [2.24, 2.45) is 5.16 Å². The van der Waals surface area contributed by atoms with Crippen LogP contribution in [0.4, 0.5) is 5.13 Å². The molecule has 0 bridgehead atoms. The average Bonchev–Trinajstić information content (AvgIpc) is 3.53. The third kappa shape index (κ3) is 7.30. The molecule has 1 saturated carbocycles. The highest BCUT2D eigenvalue weighted by molar-refractivity contribution is 7.92. The molecule has 2 aromatic rings. The Bertz CT molecular complexity index is 1370. The number of amides is 2. The summed E-state index contributed by atoms with van der Waals surface area (Å²) in [6.45, 7) is 5.77. The summed E-state index contributed by atoms with van der Waals surface area (Å²) in [6.07, 6.45) is 3.49. The number of rotatable bonds is 11. The van der Waals surface area contributed by atoms with Crippen molar-refractivity contribution in [3.05, 3.63) is 40.9 Å². The second-order valence-corrected chi connectivity index (χ2v) is 13.8. The van der Waals surface area contributed by atoms with Crippen LogP contribution < -0.4 is 5.32 Å². The number of oxime groups is 1. The molecule has 1 aliphatic carbocycles. The van der Waals surface area contributed by atoms with Crippen molar-refractivity contribution >= 4 is 43.8 Å². The molecule has 3 aliphatic rings. The summed E-state index contributed by atoms with van der Waals surface area (Å²) in [6, 6.07) is 6.24. The van der Waals surface area contributed by atoms with Crippen molar-refractivity contribution in [3.8, 4) is 0 Å². The van der Waals surface area contributed by atoms with Crippen LogP contribution in [0.5, 0.6) is 0 Å². The van der Waals surface area contributed by atoms with Gasteiger partial charge in [-0.15, -0.1) is 11.3 Å². The topological polar surface area (TPSA) is 140 Å². The maximum absolute atomic E-state index is 13.4. The molecule has 1 aromatic heterocycles. The zero-order valence-electron chi connectivity index (χ0n) is 23.2.